The molecule has 0 unspecified atom stereocenters. The van der Waals surface area contributed by atoms with Crippen LogP contribution in [0.5, 0.6) is 0 Å². The zero-order valence-electron chi connectivity index (χ0n) is 18.3. The Morgan fingerprint density at radius 1 is 1.19 bits per heavy atom. The molecule has 0 atom stereocenters. The van der Waals surface area contributed by atoms with Crippen LogP contribution in [0.4, 0.5) is 0 Å². The molecule has 2 N–H and O–H groups in total. The molecule has 5 nitrogen and oxygen atoms in total. The molecular weight excluding hydrogens is 404 g/mol. The number of hydrogen-bond donors (Lipinski definition) is 2. The predicted octanol–water partition coefficient (Wildman–Crippen LogP) is 4.75. The first-order valence-electron chi connectivity index (χ1n) is 11.1. The van der Waals surface area contributed by atoms with Crippen molar-refractivity contribution in [3.05, 3.63) is 75.3 Å². The van der Waals surface area contributed by atoms with Gasteiger partial charge in [-0.25, -0.2) is 0 Å². The molecule has 0 spiro atoms. The van der Waals surface area contributed by atoms with Gasteiger partial charge in [-0.3, -0.25) is 9.78 Å². The maximum Gasteiger partial charge on any atom is 0.253 e. The topological polar surface area (TPSA) is 61.0 Å². The third-order valence-electron chi connectivity index (χ3n) is 6.07. The average molecular weight is 435 g/mol. The van der Waals surface area contributed by atoms with Crippen LogP contribution in [0.1, 0.15) is 54.4 Å². The molecule has 1 saturated carbocycles. The SMILES string of the molecule is Cc1cc(C)c2cc(CN(Cc3cccnc3)C(=S)NC3CCCCC3)c(=O)[nH]c2c1. The summed E-state index contributed by atoms with van der Waals surface area (Å²) < 4.78 is 0. The number of pyridine rings is 2. The summed E-state index contributed by atoms with van der Waals surface area (Å²) in [4.78, 5) is 22.3. The van der Waals surface area contributed by atoms with E-state index in [1.807, 2.05) is 37.4 Å². The minimum absolute atomic E-state index is 0.0610. The lowest BCUT2D eigenvalue weighted by Gasteiger charge is -2.31. The highest BCUT2D eigenvalue weighted by molar-refractivity contribution is 7.80. The number of nitrogens with one attached hydrogen (secondary N) is 2. The molecule has 1 aromatic carbocycles. The number of hydrogen-bond acceptors (Lipinski definition) is 3. The summed E-state index contributed by atoms with van der Waals surface area (Å²) in [7, 11) is 0. The Kier molecular flexibility index (Phi) is 6.66. The second kappa shape index (κ2) is 9.60. The number of aromatic nitrogens is 2. The van der Waals surface area contributed by atoms with Crippen molar-refractivity contribution in [2.45, 2.75) is 65.1 Å². The van der Waals surface area contributed by atoms with Crippen LogP contribution in [-0.4, -0.2) is 26.0 Å². The number of rotatable bonds is 5. The van der Waals surface area contributed by atoms with E-state index in [-0.39, 0.29) is 5.56 Å². The number of thiocarbonyl (C=S) groups is 1. The van der Waals surface area contributed by atoms with E-state index in [9.17, 15) is 4.79 Å². The van der Waals surface area contributed by atoms with Crippen molar-refractivity contribution in [2.24, 2.45) is 0 Å². The first-order chi connectivity index (χ1) is 15.0. The number of aromatic amines is 1. The van der Waals surface area contributed by atoms with Crippen LogP contribution in [-0.2, 0) is 13.1 Å². The van der Waals surface area contributed by atoms with Gasteiger partial charge < -0.3 is 15.2 Å². The maximum atomic E-state index is 12.9. The molecule has 1 fully saturated rings. The fourth-order valence-electron chi connectivity index (χ4n) is 4.46. The highest BCUT2D eigenvalue weighted by atomic mass is 32.1. The predicted molar refractivity (Wildman–Crippen MR) is 130 cm³/mol. The van der Waals surface area contributed by atoms with Crippen molar-refractivity contribution in [3.63, 3.8) is 0 Å². The normalized spacial score (nSPS) is 14.5. The van der Waals surface area contributed by atoms with E-state index in [2.05, 4.69) is 33.2 Å². The minimum Gasteiger partial charge on any atom is -0.360 e. The van der Waals surface area contributed by atoms with E-state index in [1.165, 1.54) is 19.3 Å². The minimum atomic E-state index is -0.0610. The van der Waals surface area contributed by atoms with Crippen molar-refractivity contribution >= 4 is 28.2 Å². The molecule has 1 aliphatic rings. The summed E-state index contributed by atoms with van der Waals surface area (Å²) in [5.74, 6) is 0. The van der Waals surface area contributed by atoms with Crippen molar-refractivity contribution in [3.8, 4) is 0 Å². The zero-order chi connectivity index (χ0) is 21.8. The molecule has 1 aliphatic carbocycles. The van der Waals surface area contributed by atoms with E-state index in [1.54, 1.807) is 6.20 Å². The Labute approximate surface area is 188 Å². The van der Waals surface area contributed by atoms with Crippen molar-refractivity contribution in [1.29, 1.82) is 0 Å². The first-order valence-corrected chi connectivity index (χ1v) is 11.5. The van der Waals surface area contributed by atoms with Gasteiger partial charge in [0.1, 0.15) is 0 Å². The van der Waals surface area contributed by atoms with E-state index in [0.717, 1.165) is 46.0 Å². The molecule has 0 saturated heterocycles. The molecule has 2 heterocycles. The van der Waals surface area contributed by atoms with Crippen molar-refractivity contribution < 1.29 is 0 Å². The lowest BCUT2D eigenvalue weighted by molar-refractivity contribution is 0.362. The summed E-state index contributed by atoms with van der Waals surface area (Å²) >= 11 is 5.82. The van der Waals surface area contributed by atoms with Crippen LogP contribution in [0.2, 0.25) is 0 Å². The second-order valence-corrected chi connectivity index (χ2v) is 9.06. The molecule has 6 heteroatoms. The van der Waals surface area contributed by atoms with E-state index in [4.69, 9.17) is 12.2 Å². The van der Waals surface area contributed by atoms with Crippen LogP contribution in [0.3, 0.4) is 0 Å². The molecule has 0 aliphatic heterocycles. The molecule has 162 valence electrons. The summed E-state index contributed by atoms with van der Waals surface area (Å²) in [5.41, 5.74) is 4.91. The second-order valence-electron chi connectivity index (χ2n) is 8.67. The molecule has 31 heavy (non-hydrogen) atoms. The largest absolute Gasteiger partial charge is 0.360 e. The van der Waals surface area contributed by atoms with Gasteiger partial charge in [-0.05, 0) is 73.8 Å². The van der Waals surface area contributed by atoms with Gasteiger partial charge in [0.05, 0.1) is 6.54 Å². The van der Waals surface area contributed by atoms with E-state index in [0.29, 0.717) is 24.2 Å². The lowest BCUT2D eigenvalue weighted by Crippen LogP contribution is -2.45. The third-order valence-corrected chi connectivity index (χ3v) is 6.44. The number of benzene rings is 1. The van der Waals surface area contributed by atoms with E-state index >= 15 is 0 Å². The van der Waals surface area contributed by atoms with Crippen LogP contribution in [0.25, 0.3) is 10.9 Å². The highest BCUT2D eigenvalue weighted by Crippen LogP contribution is 2.21. The Morgan fingerprint density at radius 3 is 2.74 bits per heavy atom. The number of fused-ring (bicyclic) bond motifs is 1. The standard InChI is InChI=1S/C25H30N4OS/c1-17-11-18(2)22-13-20(24(30)28-23(22)12-17)16-29(15-19-7-6-10-26-14-19)25(31)27-21-8-4-3-5-9-21/h6-7,10-14,21H,3-5,8-9,15-16H2,1-2H3,(H,27,31)(H,28,30). The van der Waals surface area contributed by atoms with Gasteiger partial charge in [-0.15, -0.1) is 0 Å². The Hall–Kier alpha value is -2.73. The average Bonchev–Trinajstić information content (AvgIpc) is 2.75. The molecule has 4 rings (SSSR count). The van der Waals surface area contributed by atoms with Crippen LogP contribution in [0.15, 0.2) is 47.5 Å². The fourth-order valence-corrected chi connectivity index (χ4v) is 4.76. The van der Waals surface area contributed by atoms with Gasteiger partial charge in [-0.2, -0.15) is 0 Å². The van der Waals surface area contributed by atoms with Gasteiger partial charge in [0.25, 0.3) is 5.56 Å². The number of aryl methyl sites for hydroxylation is 2. The Balaban J connectivity index is 1.62. The molecule has 3 aromatic rings. The molecule has 2 aromatic heterocycles. The summed E-state index contributed by atoms with van der Waals surface area (Å²) in [6, 6.07) is 10.6. The van der Waals surface area contributed by atoms with Crippen LogP contribution >= 0.6 is 12.2 Å². The summed E-state index contributed by atoms with van der Waals surface area (Å²) in [6.07, 6.45) is 9.71. The molecule has 0 bridgehead atoms. The number of H-pyrrole nitrogens is 1. The van der Waals surface area contributed by atoms with Gasteiger partial charge >= 0.3 is 0 Å². The number of nitrogens with zero attached hydrogens (tertiary/aromatic N) is 2. The van der Waals surface area contributed by atoms with Gasteiger partial charge in [0.15, 0.2) is 5.11 Å². The quantitative estimate of drug-likeness (QED) is 0.568. The van der Waals surface area contributed by atoms with Gasteiger partial charge in [0.2, 0.25) is 0 Å². The van der Waals surface area contributed by atoms with Crippen LogP contribution < -0.4 is 10.9 Å². The zero-order valence-corrected chi connectivity index (χ0v) is 19.1. The van der Waals surface area contributed by atoms with Crippen LogP contribution in [0, 0.1) is 13.8 Å². The Bertz CT molecular complexity index is 1120. The highest BCUT2D eigenvalue weighted by Gasteiger charge is 2.19. The lowest BCUT2D eigenvalue weighted by atomic mass is 9.96. The Morgan fingerprint density at radius 2 is 2.00 bits per heavy atom. The van der Waals surface area contributed by atoms with Gasteiger partial charge in [0, 0.05) is 41.4 Å². The van der Waals surface area contributed by atoms with Gasteiger partial charge in [-0.1, -0.05) is 31.4 Å². The maximum absolute atomic E-state index is 12.9. The first kappa shape index (κ1) is 21.5. The molecule has 0 amide bonds. The van der Waals surface area contributed by atoms with Crippen molar-refractivity contribution in [2.75, 3.05) is 0 Å². The molecular formula is C25H30N4OS. The monoisotopic (exact) mass is 434 g/mol. The molecule has 0 radical (unpaired) electrons. The summed E-state index contributed by atoms with van der Waals surface area (Å²) in [6.45, 7) is 5.19. The fraction of sp³-hybridized carbons (Fsp3) is 0.400. The van der Waals surface area contributed by atoms with E-state index < -0.39 is 0 Å². The van der Waals surface area contributed by atoms with Crippen molar-refractivity contribution in [1.82, 2.24) is 20.2 Å². The third kappa shape index (κ3) is 5.31. The smallest absolute Gasteiger partial charge is 0.253 e. The summed E-state index contributed by atoms with van der Waals surface area (Å²) in [5, 5.41) is 5.34.